The van der Waals surface area contributed by atoms with Crippen LogP contribution >= 0.6 is 11.6 Å². The first-order valence-electron chi connectivity index (χ1n) is 9.36. The third kappa shape index (κ3) is 4.17. The normalized spacial score (nSPS) is 20.2. The first-order valence-corrected chi connectivity index (χ1v) is 9.74. The summed E-state index contributed by atoms with van der Waals surface area (Å²) in [6.45, 7) is 0.958. The highest BCUT2D eigenvalue weighted by atomic mass is 35.5. The van der Waals surface area contributed by atoms with Crippen molar-refractivity contribution in [1.29, 1.82) is 0 Å². The molecular formula is C22H24ClN3. The van der Waals surface area contributed by atoms with E-state index in [0.717, 1.165) is 28.2 Å². The lowest BCUT2D eigenvalue weighted by atomic mass is 9.90. The SMILES string of the molecule is Clc1ccc2c(N[C@H]3CC[C@@H](NCc4ccccc4)CC3)ccnc2c1. The molecule has 4 heteroatoms. The number of benzene rings is 2. The molecule has 1 aliphatic carbocycles. The van der Waals surface area contributed by atoms with Crippen molar-refractivity contribution in [1.82, 2.24) is 10.3 Å². The number of rotatable bonds is 5. The Morgan fingerprint density at radius 1 is 0.923 bits per heavy atom. The zero-order valence-corrected chi connectivity index (χ0v) is 15.5. The molecule has 0 aliphatic heterocycles. The minimum absolute atomic E-state index is 0.519. The van der Waals surface area contributed by atoms with E-state index in [2.05, 4.69) is 58.1 Å². The van der Waals surface area contributed by atoms with Gasteiger partial charge < -0.3 is 10.6 Å². The predicted octanol–water partition coefficient (Wildman–Crippen LogP) is 5.40. The third-order valence-electron chi connectivity index (χ3n) is 5.23. The summed E-state index contributed by atoms with van der Waals surface area (Å²) in [4.78, 5) is 4.43. The Morgan fingerprint density at radius 3 is 2.50 bits per heavy atom. The number of halogens is 1. The maximum absolute atomic E-state index is 6.09. The number of hydrogen-bond acceptors (Lipinski definition) is 3. The van der Waals surface area contributed by atoms with E-state index in [1.54, 1.807) is 0 Å². The van der Waals surface area contributed by atoms with E-state index in [-0.39, 0.29) is 0 Å². The molecule has 3 nitrogen and oxygen atoms in total. The van der Waals surface area contributed by atoms with Crippen LogP contribution in [0.1, 0.15) is 31.2 Å². The molecule has 0 unspecified atom stereocenters. The van der Waals surface area contributed by atoms with Gasteiger partial charge in [-0.25, -0.2) is 0 Å². The molecule has 1 aliphatic rings. The predicted molar refractivity (Wildman–Crippen MR) is 110 cm³/mol. The Morgan fingerprint density at radius 2 is 1.69 bits per heavy atom. The van der Waals surface area contributed by atoms with Crippen LogP contribution in [0, 0.1) is 0 Å². The molecular weight excluding hydrogens is 342 g/mol. The monoisotopic (exact) mass is 365 g/mol. The topological polar surface area (TPSA) is 37.0 Å². The fourth-order valence-electron chi connectivity index (χ4n) is 3.77. The summed E-state index contributed by atoms with van der Waals surface area (Å²) < 4.78 is 0. The van der Waals surface area contributed by atoms with Crippen LogP contribution in [0.5, 0.6) is 0 Å². The summed E-state index contributed by atoms with van der Waals surface area (Å²) in [6.07, 6.45) is 6.64. The quantitative estimate of drug-likeness (QED) is 0.635. The van der Waals surface area contributed by atoms with Crippen molar-refractivity contribution in [3.05, 3.63) is 71.4 Å². The lowest BCUT2D eigenvalue weighted by molar-refractivity contribution is 0.353. The number of nitrogens with zero attached hydrogens (tertiary/aromatic N) is 1. The van der Waals surface area contributed by atoms with E-state index in [0.29, 0.717) is 12.1 Å². The van der Waals surface area contributed by atoms with Gasteiger partial charge in [-0.3, -0.25) is 4.98 Å². The molecule has 0 radical (unpaired) electrons. The molecule has 1 fully saturated rings. The Balaban J connectivity index is 1.33. The Labute approximate surface area is 159 Å². The second-order valence-corrected chi connectivity index (χ2v) is 7.52. The van der Waals surface area contributed by atoms with E-state index in [1.165, 1.54) is 31.2 Å². The zero-order chi connectivity index (χ0) is 17.8. The zero-order valence-electron chi connectivity index (χ0n) is 14.8. The lowest BCUT2D eigenvalue weighted by Crippen LogP contribution is -2.36. The van der Waals surface area contributed by atoms with Gasteiger partial charge in [0.1, 0.15) is 0 Å². The van der Waals surface area contributed by atoms with Crippen LogP contribution in [0.2, 0.25) is 5.02 Å². The number of hydrogen-bond donors (Lipinski definition) is 2. The molecule has 26 heavy (non-hydrogen) atoms. The molecule has 1 heterocycles. The van der Waals surface area contributed by atoms with Crippen molar-refractivity contribution in [3.8, 4) is 0 Å². The van der Waals surface area contributed by atoms with Crippen LogP contribution in [-0.4, -0.2) is 17.1 Å². The van der Waals surface area contributed by atoms with E-state index in [1.807, 2.05) is 18.3 Å². The van der Waals surface area contributed by atoms with Crippen molar-refractivity contribution in [3.63, 3.8) is 0 Å². The highest BCUT2D eigenvalue weighted by Gasteiger charge is 2.21. The molecule has 2 aromatic carbocycles. The minimum Gasteiger partial charge on any atom is -0.382 e. The average Bonchev–Trinajstić information content (AvgIpc) is 2.68. The van der Waals surface area contributed by atoms with Gasteiger partial charge in [-0.2, -0.15) is 0 Å². The Kier molecular flexibility index (Phi) is 5.37. The van der Waals surface area contributed by atoms with Crippen LogP contribution < -0.4 is 10.6 Å². The smallest absolute Gasteiger partial charge is 0.0737 e. The highest BCUT2D eigenvalue weighted by Crippen LogP contribution is 2.28. The summed E-state index contributed by atoms with van der Waals surface area (Å²) in [5.74, 6) is 0. The van der Waals surface area contributed by atoms with Gasteiger partial charge in [0.2, 0.25) is 0 Å². The maximum Gasteiger partial charge on any atom is 0.0737 e. The summed E-state index contributed by atoms with van der Waals surface area (Å²) in [6, 6.07) is 19.7. The van der Waals surface area contributed by atoms with E-state index in [4.69, 9.17) is 11.6 Å². The van der Waals surface area contributed by atoms with Crippen LogP contribution in [-0.2, 0) is 6.54 Å². The van der Waals surface area contributed by atoms with E-state index in [9.17, 15) is 0 Å². The van der Waals surface area contributed by atoms with Crippen molar-refractivity contribution in [2.45, 2.75) is 44.3 Å². The Bertz CT molecular complexity index is 858. The van der Waals surface area contributed by atoms with Crippen molar-refractivity contribution < 1.29 is 0 Å². The van der Waals surface area contributed by atoms with Gasteiger partial charge in [-0.1, -0.05) is 41.9 Å². The molecule has 1 saturated carbocycles. The van der Waals surface area contributed by atoms with Crippen LogP contribution in [0.25, 0.3) is 10.9 Å². The van der Waals surface area contributed by atoms with Crippen LogP contribution in [0.15, 0.2) is 60.8 Å². The molecule has 0 amide bonds. The average molecular weight is 366 g/mol. The van der Waals surface area contributed by atoms with Gasteiger partial charge in [0.05, 0.1) is 5.52 Å². The molecule has 1 aromatic heterocycles. The van der Waals surface area contributed by atoms with Gasteiger partial charge in [0.25, 0.3) is 0 Å². The number of pyridine rings is 1. The Hall–Kier alpha value is -2.10. The molecule has 2 N–H and O–H groups in total. The van der Waals surface area contributed by atoms with Crippen LogP contribution in [0.4, 0.5) is 5.69 Å². The second kappa shape index (κ2) is 8.07. The largest absolute Gasteiger partial charge is 0.382 e. The van der Waals surface area contributed by atoms with Gasteiger partial charge in [0, 0.05) is 40.9 Å². The summed E-state index contributed by atoms with van der Waals surface area (Å²) >= 11 is 6.09. The van der Waals surface area contributed by atoms with Crippen molar-refractivity contribution in [2.24, 2.45) is 0 Å². The third-order valence-corrected chi connectivity index (χ3v) is 5.46. The number of aromatic nitrogens is 1. The summed E-state index contributed by atoms with van der Waals surface area (Å²) in [7, 11) is 0. The first kappa shape index (κ1) is 17.3. The first-order chi connectivity index (χ1) is 12.8. The minimum atomic E-state index is 0.519. The second-order valence-electron chi connectivity index (χ2n) is 7.08. The molecule has 0 atom stereocenters. The molecule has 0 saturated heterocycles. The fourth-order valence-corrected chi connectivity index (χ4v) is 3.93. The van der Waals surface area contributed by atoms with E-state index < -0.39 is 0 Å². The molecule has 0 spiro atoms. The highest BCUT2D eigenvalue weighted by molar-refractivity contribution is 6.31. The number of fused-ring (bicyclic) bond motifs is 1. The summed E-state index contributed by atoms with van der Waals surface area (Å²) in [5, 5.41) is 9.30. The van der Waals surface area contributed by atoms with Gasteiger partial charge in [-0.15, -0.1) is 0 Å². The van der Waals surface area contributed by atoms with Crippen LogP contribution in [0.3, 0.4) is 0 Å². The molecule has 3 aromatic rings. The molecule has 134 valence electrons. The standard InChI is InChI=1S/C22H24ClN3/c23-17-6-11-20-21(12-13-24-22(20)14-17)26-19-9-7-18(8-10-19)25-15-16-4-2-1-3-5-16/h1-6,11-14,18-19,25H,7-10,15H2,(H,24,26)/t18-,19+. The maximum atomic E-state index is 6.09. The van der Waals surface area contributed by atoms with Crippen molar-refractivity contribution in [2.75, 3.05) is 5.32 Å². The number of nitrogens with one attached hydrogen (secondary N) is 2. The van der Waals surface area contributed by atoms with E-state index >= 15 is 0 Å². The van der Waals surface area contributed by atoms with Gasteiger partial charge in [0.15, 0.2) is 0 Å². The fraction of sp³-hybridized carbons (Fsp3) is 0.318. The summed E-state index contributed by atoms with van der Waals surface area (Å²) in [5.41, 5.74) is 3.46. The molecule has 0 bridgehead atoms. The van der Waals surface area contributed by atoms with Gasteiger partial charge >= 0.3 is 0 Å². The lowest BCUT2D eigenvalue weighted by Gasteiger charge is -2.30. The number of anilines is 1. The van der Waals surface area contributed by atoms with Gasteiger partial charge in [-0.05, 0) is 55.5 Å². The van der Waals surface area contributed by atoms with Crippen molar-refractivity contribution >= 4 is 28.2 Å². The molecule has 4 rings (SSSR count).